The summed E-state index contributed by atoms with van der Waals surface area (Å²) in [5, 5.41) is 9.54. The Labute approximate surface area is 209 Å². The Balaban J connectivity index is 1.50. The Bertz CT molecular complexity index is 1450. The molecule has 0 saturated carbocycles. The fourth-order valence-corrected chi connectivity index (χ4v) is 5.21. The predicted octanol–water partition coefficient (Wildman–Crippen LogP) is 3.79. The van der Waals surface area contributed by atoms with Crippen LogP contribution in [0, 0.1) is 0 Å². The van der Waals surface area contributed by atoms with Gasteiger partial charge in [-0.3, -0.25) is 19.3 Å². The number of nitrogens with one attached hydrogen (secondary N) is 1. The van der Waals surface area contributed by atoms with Crippen LogP contribution in [0.5, 0.6) is 0 Å². The van der Waals surface area contributed by atoms with Crippen molar-refractivity contribution in [3.05, 3.63) is 89.5 Å². The standard InChI is InChI=1S/C25H19F3N2O6S/c26-25(27,28)20-8-4-3-5-17(20)15-9-11-16(12-10-15)37(35,36)29-21(24(33)34)13-14-30-22(31)18-6-1-2-7-19(18)23(30)32/h1-12,21,29H,13-14H2,(H,33,34)/t21-/m1/s1. The number of fused-ring (bicyclic) bond motifs is 1. The lowest BCUT2D eigenvalue weighted by atomic mass is 9.99. The molecule has 1 heterocycles. The van der Waals surface area contributed by atoms with E-state index < -0.39 is 52.0 Å². The first kappa shape index (κ1) is 26.0. The highest BCUT2D eigenvalue weighted by atomic mass is 32.2. The van der Waals surface area contributed by atoms with Crippen molar-refractivity contribution in [2.24, 2.45) is 0 Å². The number of carboxylic acid groups (broad SMARTS) is 1. The summed E-state index contributed by atoms with van der Waals surface area (Å²) >= 11 is 0. The molecule has 0 fully saturated rings. The number of carboxylic acids is 1. The number of alkyl halides is 3. The maximum absolute atomic E-state index is 13.3. The third-order valence-corrected chi connectivity index (χ3v) is 7.31. The molecule has 8 nitrogen and oxygen atoms in total. The number of imide groups is 1. The zero-order chi connectivity index (χ0) is 27.0. The minimum absolute atomic E-state index is 0.118. The van der Waals surface area contributed by atoms with E-state index >= 15 is 0 Å². The molecule has 1 atom stereocenters. The summed E-state index contributed by atoms with van der Waals surface area (Å²) in [4.78, 5) is 37.2. The van der Waals surface area contributed by atoms with Crippen LogP contribution in [-0.4, -0.2) is 48.8 Å². The van der Waals surface area contributed by atoms with Crippen molar-refractivity contribution < 1.29 is 41.1 Å². The topological polar surface area (TPSA) is 121 Å². The van der Waals surface area contributed by atoms with Crippen molar-refractivity contribution >= 4 is 27.8 Å². The Morgan fingerprint density at radius 2 is 1.38 bits per heavy atom. The summed E-state index contributed by atoms with van der Waals surface area (Å²) in [7, 11) is -4.41. The van der Waals surface area contributed by atoms with E-state index in [0.29, 0.717) is 0 Å². The molecule has 1 aliphatic heterocycles. The molecule has 0 saturated heterocycles. The van der Waals surface area contributed by atoms with Crippen LogP contribution in [0.15, 0.2) is 77.7 Å². The normalized spacial score (nSPS) is 14.5. The molecule has 3 aromatic carbocycles. The van der Waals surface area contributed by atoms with Crippen LogP contribution in [0.2, 0.25) is 0 Å². The Hall–Kier alpha value is -4.03. The number of carbonyl (C=O) groups is 3. The fourth-order valence-electron chi connectivity index (χ4n) is 3.98. The van der Waals surface area contributed by atoms with Gasteiger partial charge in [-0.15, -0.1) is 0 Å². The van der Waals surface area contributed by atoms with Crippen molar-refractivity contribution in [2.75, 3.05) is 6.54 Å². The van der Waals surface area contributed by atoms with Gasteiger partial charge in [0.1, 0.15) is 6.04 Å². The van der Waals surface area contributed by atoms with Gasteiger partial charge in [-0.25, -0.2) is 8.42 Å². The van der Waals surface area contributed by atoms with Crippen molar-refractivity contribution in [3.8, 4) is 11.1 Å². The quantitative estimate of drug-likeness (QED) is 0.426. The largest absolute Gasteiger partial charge is 0.480 e. The third kappa shape index (κ3) is 5.25. The zero-order valence-corrected chi connectivity index (χ0v) is 19.7. The molecule has 0 spiro atoms. The van der Waals surface area contributed by atoms with Crippen LogP contribution < -0.4 is 4.72 Å². The van der Waals surface area contributed by atoms with Crippen LogP contribution in [0.25, 0.3) is 11.1 Å². The summed E-state index contributed by atoms with van der Waals surface area (Å²) < 4.78 is 67.6. The molecule has 2 N–H and O–H groups in total. The molecular weight excluding hydrogens is 513 g/mol. The first-order valence-corrected chi connectivity index (χ1v) is 12.4. The molecule has 4 rings (SSSR count). The van der Waals surface area contributed by atoms with E-state index in [4.69, 9.17) is 0 Å². The maximum Gasteiger partial charge on any atom is 0.417 e. The van der Waals surface area contributed by atoms with Gasteiger partial charge >= 0.3 is 12.1 Å². The number of hydrogen-bond acceptors (Lipinski definition) is 5. The zero-order valence-electron chi connectivity index (χ0n) is 18.9. The van der Waals surface area contributed by atoms with Gasteiger partial charge in [0.05, 0.1) is 21.6 Å². The number of amides is 2. The Kier molecular flexibility index (Phi) is 6.89. The summed E-state index contributed by atoms with van der Waals surface area (Å²) in [6, 6.07) is 13.7. The van der Waals surface area contributed by atoms with Gasteiger partial charge in [0.2, 0.25) is 10.0 Å². The smallest absolute Gasteiger partial charge is 0.417 e. The molecular formula is C25H19F3N2O6S. The molecule has 0 radical (unpaired) electrons. The molecule has 0 bridgehead atoms. The lowest BCUT2D eigenvalue weighted by molar-refractivity contribution is -0.139. The molecule has 1 aliphatic rings. The Morgan fingerprint density at radius 3 is 1.89 bits per heavy atom. The second-order valence-electron chi connectivity index (χ2n) is 8.18. The van der Waals surface area contributed by atoms with E-state index in [1.807, 2.05) is 4.72 Å². The van der Waals surface area contributed by atoms with Gasteiger partial charge in [0.25, 0.3) is 11.8 Å². The van der Waals surface area contributed by atoms with Crippen molar-refractivity contribution in [1.82, 2.24) is 9.62 Å². The first-order chi connectivity index (χ1) is 17.4. The maximum atomic E-state index is 13.3. The van der Waals surface area contributed by atoms with E-state index in [-0.39, 0.29) is 33.7 Å². The number of benzene rings is 3. The molecule has 0 unspecified atom stereocenters. The van der Waals surface area contributed by atoms with E-state index in [1.54, 1.807) is 12.1 Å². The van der Waals surface area contributed by atoms with Gasteiger partial charge in [-0.1, -0.05) is 42.5 Å². The predicted molar refractivity (Wildman–Crippen MR) is 125 cm³/mol. The Morgan fingerprint density at radius 1 is 0.865 bits per heavy atom. The average Bonchev–Trinajstić information content (AvgIpc) is 3.10. The number of rotatable bonds is 8. The average molecular weight is 532 g/mol. The van der Waals surface area contributed by atoms with E-state index in [0.717, 1.165) is 23.1 Å². The number of halogens is 3. The number of sulfonamides is 1. The third-order valence-electron chi connectivity index (χ3n) is 5.82. The van der Waals surface area contributed by atoms with Crippen LogP contribution in [0.3, 0.4) is 0 Å². The summed E-state index contributed by atoms with van der Waals surface area (Å²) in [6.45, 7) is -0.348. The van der Waals surface area contributed by atoms with Crippen molar-refractivity contribution in [2.45, 2.75) is 23.5 Å². The highest BCUT2D eigenvalue weighted by molar-refractivity contribution is 7.89. The molecule has 37 heavy (non-hydrogen) atoms. The summed E-state index contributed by atoms with van der Waals surface area (Å²) in [5.41, 5.74) is -0.564. The highest BCUT2D eigenvalue weighted by Crippen LogP contribution is 2.37. The van der Waals surface area contributed by atoms with E-state index in [1.165, 1.54) is 42.5 Å². The van der Waals surface area contributed by atoms with Gasteiger partial charge in [0.15, 0.2) is 0 Å². The lowest BCUT2D eigenvalue weighted by Crippen LogP contribution is -2.43. The van der Waals surface area contributed by atoms with Crippen LogP contribution in [0.1, 0.15) is 32.7 Å². The minimum Gasteiger partial charge on any atom is -0.480 e. The molecule has 12 heteroatoms. The molecule has 192 valence electrons. The number of aliphatic carboxylic acids is 1. The number of nitrogens with zero attached hydrogens (tertiary/aromatic N) is 1. The van der Waals surface area contributed by atoms with E-state index in [9.17, 15) is 41.1 Å². The second-order valence-corrected chi connectivity index (χ2v) is 9.89. The van der Waals surface area contributed by atoms with Gasteiger partial charge < -0.3 is 5.11 Å². The van der Waals surface area contributed by atoms with Crippen molar-refractivity contribution in [1.29, 1.82) is 0 Å². The van der Waals surface area contributed by atoms with E-state index in [2.05, 4.69) is 0 Å². The van der Waals surface area contributed by atoms with Crippen LogP contribution >= 0.6 is 0 Å². The van der Waals surface area contributed by atoms with Gasteiger partial charge in [-0.2, -0.15) is 17.9 Å². The summed E-state index contributed by atoms with van der Waals surface area (Å²) in [5.74, 6) is -2.75. The SMILES string of the molecule is O=C(O)[C@@H](CCN1C(=O)c2ccccc2C1=O)NS(=O)(=O)c1ccc(-c2ccccc2C(F)(F)F)cc1. The van der Waals surface area contributed by atoms with Crippen LogP contribution in [0.4, 0.5) is 13.2 Å². The first-order valence-electron chi connectivity index (χ1n) is 10.9. The minimum atomic E-state index is -4.61. The van der Waals surface area contributed by atoms with Crippen molar-refractivity contribution in [3.63, 3.8) is 0 Å². The monoisotopic (exact) mass is 532 g/mol. The molecule has 3 aromatic rings. The number of carbonyl (C=O) groups excluding carboxylic acids is 2. The fraction of sp³-hybridized carbons (Fsp3) is 0.160. The number of hydrogen-bond donors (Lipinski definition) is 2. The molecule has 0 aliphatic carbocycles. The second kappa shape index (κ2) is 9.79. The lowest BCUT2D eigenvalue weighted by Gasteiger charge is -2.19. The van der Waals surface area contributed by atoms with Gasteiger partial charge in [-0.05, 0) is 47.9 Å². The summed E-state index contributed by atoms with van der Waals surface area (Å²) in [6.07, 6.45) is -5.02. The van der Waals surface area contributed by atoms with Gasteiger partial charge in [0, 0.05) is 6.54 Å². The molecule has 0 aromatic heterocycles. The highest BCUT2D eigenvalue weighted by Gasteiger charge is 2.36. The molecule has 2 amide bonds. The van der Waals surface area contributed by atoms with Crippen LogP contribution in [-0.2, 0) is 21.0 Å².